The second-order valence-electron chi connectivity index (χ2n) is 3.95. The smallest absolute Gasteiger partial charge is 0.0859 e. The van der Waals surface area contributed by atoms with Gasteiger partial charge in [-0.25, -0.2) is 0 Å². The highest BCUT2D eigenvalue weighted by atomic mass is 28.3. The van der Waals surface area contributed by atoms with Crippen LogP contribution in [0.15, 0.2) is 42.0 Å². The van der Waals surface area contributed by atoms with Gasteiger partial charge in [0.05, 0.1) is 8.80 Å². The Morgan fingerprint density at radius 2 is 1.87 bits per heavy atom. The van der Waals surface area contributed by atoms with E-state index in [1.165, 1.54) is 18.9 Å². The summed E-state index contributed by atoms with van der Waals surface area (Å²) in [5, 5.41) is 1.55. The predicted molar refractivity (Wildman–Crippen MR) is 71.2 cm³/mol. The van der Waals surface area contributed by atoms with Crippen LogP contribution in [0, 0.1) is 0 Å². The van der Waals surface area contributed by atoms with Crippen molar-refractivity contribution < 1.29 is 0 Å². The van der Waals surface area contributed by atoms with Gasteiger partial charge in [-0.15, -0.1) is 0 Å². The number of benzene rings is 1. The third-order valence-electron chi connectivity index (χ3n) is 2.71. The van der Waals surface area contributed by atoms with Gasteiger partial charge in [0.15, 0.2) is 0 Å². The van der Waals surface area contributed by atoms with Crippen molar-refractivity contribution in [1.82, 2.24) is 0 Å². The van der Waals surface area contributed by atoms with Gasteiger partial charge in [-0.2, -0.15) is 0 Å². The standard InChI is InChI=1S/C14H21Si/c1-4-9-13(5-2)12-15(3)14-10-7-6-8-11-14/h6-11H,4-5,12H2,1-3H3/b13-9+. The molecule has 1 aromatic rings. The van der Waals surface area contributed by atoms with E-state index in [0.29, 0.717) is 0 Å². The van der Waals surface area contributed by atoms with Crippen LogP contribution in [0.25, 0.3) is 0 Å². The van der Waals surface area contributed by atoms with Gasteiger partial charge in [-0.3, -0.25) is 0 Å². The first-order valence-corrected chi connectivity index (χ1v) is 8.04. The van der Waals surface area contributed by atoms with Crippen LogP contribution in [0.1, 0.15) is 26.7 Å². The fraction of sp³-hybridized carbons (Fsp3) is 0.429. The van der Waals surface area contributed by atoms with Crippen molar-refractivity contribution in [2.24, 2.45) is 0 Å². The predicted octanol–water partition coefficient (Wildman–Crippen LogP) is 3.76. The fourth-order valence-corrected chi connectivity index (χ4v) is 3.84. The highest BCUT2D eigenvalue weighted by Gasteiger charge is 2.08. The minimum absolute atomic E-state index is 0.368. The molecule has 0 aromatic heterocycles. The van der Waals surface area contributed by atoms with Crippen molar-refractivity contribution in [3.8, 4) is 0 Å². The summed E-state index contributed by atoms with van der Waals surface area (Å²) in [7, 11) is -0.368. The Hall–Kier alpha value is -0.823. The largest absolute Gasteiger partial charge is 0.0865 e. The van der Waals surface area contributed by atoms with E-state index in [-0.39, 0.29) is 8.80 Å². The van der Waals surface area contributed by atoms with E-state index in [1.807, 2.05) is 0 Å². The van der Waals surface area contributed by atoms with Crippen molar-refractivity contribution >= 4 is 14.0 Å². The van der Waals surface area contributed by atoms with Gasteiger partial charge >= 0.3 is 0 Å². The monoisotopic (exact) mass is 217 g/mol. The summed E-state index contributed by atoms with van der Waals surface area (Å²) in [6, 6.07) is 12.2. The first kappa shape index (κ1) is 12.2. The lowest BCUT2D eigenvalue weighted by Gasteiger charge is -2.11. The van der Waals surface area contributed by atoms with Crippen LogP contribution in [0.3, 0.4) is 0 Å². The van der Waals surface area contributed by atoms with Gasteiger partial charge in [0, 0.05) is 0 Å². The van der Waals surface area contributed by atoms with Gasteiger partial charge in [0.1, 0.15) is 0 Å². The molecule has 0 aliphatic rings. The Morgan fingerprint density at radius 3 is 2.40 bits per heavy atom. The average Bonchev–Trinajstić information content (AvgIpc) is 2.29. The first-order chi connectivity index (χ1) is 7.27. The lowest BCUT2D eigenvalue weighted by molar-refractivity contribution is 1.05. The molecule has 0 nitrogen and oxygen atoms in total. The van der Waals surface area contributed by atoms with Crippen molar-refractivity contribution in [3.63, 3.8) is 0 Å². The Balaban J connectivity index is 2.62. The number of allylic oxidation sites excluding steroid dienone is 2. The Kier molecular flexibility index (Phi) is 5.41. The van der Waals surface area contributed by atoms with Crippen molar-refractivity contribution in [2.75, 3.05) is 0 Å². The summed E-state index contributed by atoms with van der Waals surface area (Å²) < 4.78 is 0. The van der Waals surface area contributed by atoms with E-state index >= 15 is 0 Å². The number of rotatable bonds is 5. The lowest BCUT2D eigenvalue weighted by Crippen LogP contribution is -2.26. The Bertz CT molecular complexity index is 300. The molecule has 15 heavy (non-hydrogen) atoms. The zero-order valence-electron chi connectivity index (χ0n) is 10.1. The molecule has 0 aliphatic carbocycles. The minimum Gasteiger partial charge on any atom is -0.0859 e. The highest BCUT2D eigenvalue weighted by Crippen LogP contribution is 2.11. The molecule has 0 aliphatic heterocycles. The molecule has 0 heterocycles. The molecule has 0 saturated carbocycles. The van der Waals surface area contributed by atoms with Crippen LogP contribution in [0.4, 0.5) is 0 Å². The number of hydrogen-bond donors (Lipinski definition) is 0. The molecule has 1 heteroatoms. The quantitative estimate of drug-likeness (QED) is 0.520. The van der Waals surface area contributed by atoms with Gasteiger partial charge in [-0.1, -0.05) is 67.6 Å². The topological polar surface area (TPSA) is 0 Å². The van der Waals surface area contributed by atoms with Crippen molar-refractivity contribution in [2.45, 2.75) is 39.3 Å². The van der Waals surface area contributed by atoms with Gasteiger partial charge in [0.25, 0.3) is 0 Å². The third-order valence-corrected chi connectivity index (χ3v) is 5.01. The summed E-state index contributed by atoms with van der Waals surface area (Å²) in [6.07, 6.45) is 4.78. The summed E-state index contributed by atoms with van der Waals surface area (Å²) in [5.41, 5.74) is 1.64. The summed E-state index contributed by atoms with van der Waals surface area (Å²) in [4.78, 5) is 0. The molecule has 0 bridgehead atoms. The zero-order chi connectivity index (χ0) is 11.1. The molecule has 0 fully saturated rings. The molecule has 81 valence electrons. The normalized spacial score (nSPS) is 12.1. The summed E-state index contributed by atoms with van der Waals surface area (Å²) in [5.74, 6) is 0. The van der Waals surface area contributed by atoms with Crippen molar-refractivity contribution in [1.29, 1.82) is 0 Å². The second-order valence-corrected chi connectivity index (χ2v) is 6.44. The highest BCUT2D eigenvalue weighted by molar-refractivity contribution is 6.72. The van der Waals surface area contributed by atoms with E-state index < -0.39 is 0 Å². The van der Waals surface area contributed by atoms with Crippen molar-refractivity contribution in [3.05, 3.63) is 42.0 Å². The molecule has 0 unspecified atom stereocenters. The molecule has 0 atom stereocenters. The molecule has 0 amide bonds. The van der Waals surface area contributed by atoms with E-state index in [0.717, 1.165) is 0 Å². The molecule has 1 radical (unpaired) electrons. The SMILES string of the molecule is CC/C=C(\CC)C[Si](C)c1ccccc1. The van der Waals surface area contributed by atoms with Crippen LogP contribution in [0.2, 0.25) is 12.6 Å². The van der Waals surface area contributed by atoms with E-state index in [1.54, 1.807) is 10.8 Å². The zero-order valence-corrected chi connectivity index (χ0v) is 11.1. The van der Waals surface area contributed by atoms with Crippen LogP contribution in [0.5, 0.6) is 0 Å². The van der Waals surface area contributed by atoms with E-state index in [9.17, 15) is 0 Å². The van der Waals surface area contributed by atoms with E-state index in [4.69, 9.17) is 0 Å². The van der Waals surface area contributed by atoms with Gasteiger partial charge in [-0.05, 0) is 18.9 Å². The maximum Gasteiger partial charge on any atom is 0.0865 e. The first-order valence-electron chi connectivity index (χ1n) is 5.83. The third kappa shape index (κ3) is 4.04. The van der Waals surface area contributed by atoms with Crippen LogP contribution < -0.4 is 5.19 Å². The summed E-state index contributed by atoms with van der Waals surface area (Å²) in [6.45, 7) is 6.90. The van der Waals surface area contributed by atoms with Gasteiger partial charge < -0.3 is 0 Å². The molecule has 1 rings (SSSR count). The fourth-order valence-electron chi connectivity index (χ4n) is 1.80. The average molecular weight is 217 g/mol. The second kappa shape index (κ2) is 6.62. The maximum absolute atomic E-state index is 2.42. The van der Waals surface area contributed by atoms with Crippen LogP contribution in [-0.2, 0) is 0 Å². The molecule has 0 N–H and O–H groups in total. The lowest BCUT2D eigenvalue weighted by atomic mass is 10.2. The summed E-state index contributed by atoms with van der Waals surface area (Å²) >= 11 is 0. The minimum atomic E-state index is -0.368. The van der Waals surface area contributed by atoms with Crippen LogP contribution >= 0.6 is 0 Å². The molecule has 0 spiro atoms. The molecular formula is C14H21Si. The van der Waals surface area contributed by atoms with Gasteiger partial charge in [0.2, 0.25) is 0 Å². The Morgan fingerprint density at radius 1 is 1.20 bits per heavy atom. The van der Waals surface area contributed by atoms with Crippen LogP contribution in [-0.4, -0.2) is 8.80 Å². The molecule has 0 saturated heterocycles. The van der Waals surface area contributed by atoms with E-state index in [2.05, 4.69) is 56.8 Å². The molecular weight excluding hydrogens is 196 g/mol. The maximum atomic E-state index is 2.42. The number of hydrogen-bond acceptors (Lipinski definition) is 0. The Labute approximate surface area is 95.6 Å². The molecule has 1 aromatic carbocycles.